The van der Waals surface area contributed by atoms with E-state index in [1.807, 2.05) is 0 Å². The van der Waals surface area contributed by atoms with Crippen molar-refractivity contribution in [2.24, 2.45) is 0 Å². The average molecular weight is 212 g/mol. The van der Waals surface area contributed by atoms with Crippen LogP contribution in [0.25, 0.3) is 5.57 Å². The van der Waals surface area contributed by atoms with Gasteiger partial charge in [0.2, 0.25) is 9.84 Å². The van der Waals surface area contributed by atoms with Crippen molar-refractivity contribution in [2.75, 3.05) is 0 Å². The molecule has 0 radical (unpaired) electrons. The number of rotatable bonds is 1. The summed E-state index contributed by atoms with van der Waals surface area (Å²) in [7, 11) is -3.54. The molecule has 2 rings (SSSR count). The Morgan fingerprint density at radius 1 is 1.29 bits per heavy atom. The molecule has 0 saturated carbocycles. The van der Waals surface area contributed by atoms with Gasteiger partial charge in [-0.25, -0.2) is 12.8 Å². The first kappa shape index (κ1) is 9.08. The Balaban J connectivity index is 2.82. The second-order valence-electron chi connectivity index (χ2n) is 2.88. The van der Waals surface area contributed by atoms with Crippen LogP contribution in [-0.4, -0.2) is 14.7 Å². The predicted octanol–water partition coefficient (Wildman–Crippen LogP) is 1.15. The summed E-state index contributed by atoms with van der Waals surface area (Å²) in [5.74, 6) is -0.561. The largest absolute Gasteiger partial charge is 0.298 e. The zero-order valence-corrected chi connectivity index (χ0v) is 7.71. The molecule has 1 heterocycles. The van der Waals surface area contributed by atoms with Gasteiger partial charge in [0, 0.05) is 16.5 Å². The molecule has 14 heavy (non-hydrogen) atoms. The van der Waals surface area contributed by atoms with E-state index in [9.17, 15) is 17.6 Å². The van der Waals surface area contributed by atoms with Crippen LogP contribution in [0.15, 0.2) is 28.5 Å². The maximum atomic E-state index is 12.8. The second-order valence-corrected chi connectivity index (χ2v) is 4.64. The van der Waals surface area contributed by atoms with Gasteiger partial charge in [0.1, 0.15) is 5.82 Å². The molecule has 1 aromatic rings. The monoisotopic (exact) mass is 212 g/mol. The third-order valence-electron chi connectivity index (χ3n) is 1.97. The number of aldehydes is 1. The van der Waals surface area contributed by atoms with Crippen LogP contribution in [0.5, 0.6) is 0 Å². The number of hydrogen-bond acceptors (Lipinski definition) is 3. The van der Waals surface area contributed by atoms with Gasteiger partial charge in [0.15, 0.2) is 6.29 Å². The van der Waals surface area contributed by atoms with Gasteiger partial charge in [-0.05, 0) is 18.2 Å². The smallest absolute Gasteiger partial charge is 0.201 e. The number of carbonyl (C=O) groups excluding carboxylic acids is 1. The van der Waals surface area contributed by atoms with Gasteiger partial charge < -0.3 is 0 Å². The van der Waals surface area contributed by atoms with Crippen LogP contribution >= 0.6 is 0 Å². The number of fused-ring (bicyclic) bond motifs is 1. The minimum atomic E-state index is -3.54. The highest BCUT2D eigenvalue weighted by Gasteiger charge is 2.26. The van der Waals surface area contributed by atoms with Crippen LogP contribution < -0.4 is 0 Å². The van der Waals surface area contributed by atoms with Crippen molar-refractivity contribution < 1.29 is 17.6 Å². The molecule has 0 spiro atoms. The molecule has 0 bridgehead atoms. The first-order valence-corrected chi connectivity index (χ1v) is 5.31. The highest BCUT2D eigenvalue weighted by atomic mass is 32.2. The molecule has 0 aliphatic carbocycles. The molecule has 0 aromatic heterocycles. The van der Waals surface area contributed by atoms with E-state index in [2.05, 4.69) is 0 Å². The lowest BCUT2D eigenvalue weighted by Crippen LogP contribution is -1.93. The molecule has 0 N–H and O–H groups in total. The first-order chi connectivity index (χ1) is 6.54. The summed E-state index contributed by atoms with van der Waals surface area (Å²) in [5, 5.41) is 0.851. The van der Waals surface area contributed by atoms with Crippen molar-refractivity contribution in [1.82, 2.24) is 0 Å². The number of sulfone groups is 1. The lowest BCUT2D eigenvalue weighted by molar-refractivity contribution is -0.103. The fraction of sp³-hybridized carbons (Fsp3) is 0. The van der Waals surface area contributed by atoms with Crippen molar-refractivity contribution in [1.29, 1.82) is 0 Å². The molecule has 0 saturated heterocycles. The lowest BCUT2D eigenvalue weighted by Gasteiger charge is -1.98. The van der Waals surface area contributed by atoms with E-state index < -0.39 is 15.7 Å². The molecule has 0 amide bonds. The molecule has 72 valence electrons. The number of carbonyl (C=O) groups is 1. The molecule has 0 unspecified atom stereocenters. The fourth-order valence-electron chi connectivity index (χ4n) is 1.36. The summed E-state index contributed by atoms with van der Waals surface area (Å²) in [6.45, 7) is 0. The Morgan fingerprint density at radius 3 is 2.64 bits per heavy atom. The van der Waals surface area contributed by atoms with E-state index in [1.54, 1.807) is 0 Å². The Kier molecular flexibility index (Phi) is 1.78. The molecular weight excluding hydrogens is 207 g/mol. The predicted molar refractivity (Wildman–Crippen MR) is 47.6 cm³/mol. The molecule has 3 nitrogen and oxygen atoms in total. The van der Waals surface area contributed by atoms with Gasteiger partial charge in [0.25, 0.3) is 0 Å². The topological polar surface area (TPSA) is 51.2 Å². The molecular formula is C9H5FO3S. The van der Waals surface area contributed by atoms with E-state index in [-0.39, 0.29) is 16.0 Å². The van der Waals surface area contributed by atoms with Gasteiger partial charge in [-0.1, -0.05) is 0 Å². The number of hydrogen-bond donors (Lipinski definition) is 0. The van der Waals surface area contributed by atoms with E-state index in [4.69, 9.17) is 0 Å². The molecule has 0 fully saturated rings. The Hall–Kier alpha value is -1.49. The minimum absolute atomic E-state index is 0.000463. The quantitative estimate of drug-likeness (QED) is 0.518. The number of benzene rings is 1. The fourth-order valence-corrected chi connectivity index (χ4v) is 2.75. The van der Waals surface area contributed by atoms with Crippen LogP contribution in [0.1, 0.15) is 5.56 Å². The van der Waals surface area contributed by atoms with Gasteiger partial charge in [0.05, 0.1) is 4.90 Å². The van der Waals surface area contributed by atoms with Crippen LogP contribution in [0.3, 0.4) is 0 Å². The molecule has 1 aliphatic rings. The van der Waals surface area contributed by atoms with Gasteiger partial charge in [-0.2, -0.15) is 0 Å². The Labute approximate surface area is 79.8 Å². The van der Waals surface area contributed by atoms with Crippen molar-refractivity contribution in [3.8, 4) is 0 Å². The van der Waals surface area contributed by atoms with Crippen molar-refractivity contribution in [3.05, 3.63) is 35.0 Å². The number of allylic oxidation sites excluding steroid dienone is 1. The van der Waals surface area contributed by atoms with Gasteiger partial charge >= 0.3 is 0 Å². The van der Waals surface area contributed by atoms with Crippen molar-refractivity contribution in [2.45, 2.75) is 4.90 Å². The number of halogens is 1. The van der Waals surface area contributed by atoms with Crippen LogP contribution in [0, 0.1) is 5.82 Å². The van der Waals surface area contributed by atoms with Gasteiger partial charge in [-0.3, -0.25) is 4.79 Å². The van der Waals surface area contributed by atoms with E-state index >= 15 is 0 Å². The van der Waals surface area contributed by atoms with Crippen molar-refractivity contribution >= 4 is 21.7 Å². The van der Waals surface area contributed by atoms with Crippen molar-refractivity contribution in [3.63, 3.8) is 0 Å². The molecule has 1 aromatic carbocycles. The summed E-state index contributed by atoms with van der Waals surface area (Å²) in [4.78, 5) is 10.5. The SMILES string of the molecule is O=CC1=CS(=O)(=O)c2ccc(F)cc21. The van der Waals surface area contributed by atoms with Crippen LogP contribution in [-0.2, 0) is 14.6 Å². The normalized spacial score (nSPS) is 17.4. The molecule has 1 aliphatic heterocycles. The third kappa shape index (κ3) is 1.17. The van der Waals surface area contributed by atoms with E-state index in [0.29, 0.717) is 6.29 Å². The van der Waals surface area contributed by atoms with Crippen LogP contribution in [0.4, 0.5) is 4.39 Å². The lowest BCUT2D eigenvalue weighted by atomic mass is 10.1. The first-order valence-electron chi connectivity index (χ1n) is 3.76. The average Bonchev–Trinajstić information content (AvgIpc) is 2.37. The Bertz CT molecular complexity index is 543. The standard InChI is InChI=1S/C9H5FO3S/c10-7-1-2-9-8(3-7)6(4-11)5-14(9,12)13/h1-5H. The Morgan fingerprint density at radius 2 is 2.00 bits per heavy atom. The highest BCUT2D eigenvalue weighted by molar-refractivity contribution is 7.95. The summed E-state index contributed by atoms with van der Waals surface area (Å²) in [6.07, 6.45) is 0.406. The van der Waals surface area contributed by atoms with E-state index in [0.717, 1.165) is 23.6 Å². The van der Waals surface area contributed by atoms with Crippen LogP contribution in [0.2, 0.25) is 0 Å². The third-order valence-corrected chi connectivity index (χ3v) is 3.50. The zero-order chi connectivity index (χ0) is 10.3. The molecule has 0 atom stereocenters. The maximum Gasteiger partial charge on any atom is 0.201 e. The highest BCUT2D eigenvalue weighted by Crippen LogP contribution is 2.32. The maximum absolute atomic E-state index is 12.8. The minimum Gasteiger partial charge on any atom is -0.298 e. The van der Waals surface area contributed by atoms with Gasteiger partial charge in [-0.15, -0.1) is 0 Å². The second kappa shape index (κ2) is 2.75. The summed E-state index contributed by atoms with van der Waals surface area (Å²) < 4.78 is 35.5. The summed E-state index contributed by atoms with van der Waals surface area (Å²) in [6, 6.07) is 3.26. The summed E-state index contributed by atoms with van der Waals surface area (Å²) in [5.41, 5.74) is 0.138. The molecule has 5 heteroatoms. The summed E-state index contributed by atoms with van der Waals surface area (Å²) >= 11 is 0. The van der Waals surface area contributed by atoms with E-state index in [1.165, 1.54) is 0 Å². The zero-order valence-electron chi connectivity index (χ0n) is 6.90.